The van der Waals surface area contributed by atoms with Gasteiger partial charge in [0.25, 0.3) is 0 Å². The van der Waals surface area contributed by atoms with Crippen LogP contribution < -0.4 is 5.73 Å². The van der Waals surface area contributed by atoms with Crippen LogP contribution in [0.4, 0.5) is 5.82 Å². The van der Waals surface area contributed by atoms with E-state index in [2.05, 4.69) is 11.3 Å². The molecule has 0 amide bonds. The van der Waals surface area contributed by atoms with Crippen molar-refractivity contribution < 1.29 is 0 Å². The maximum atomic E-state index is 5.81. The second kappa shape index (κ2) is 3.21. The highest BCUT2D eigenvalue weighted by atomic mass is 35.5. The first-order valence-corrected chi connectivity index (χ1v) is 4.30. The number of nitrogens with zero attached hydrogens (tertiary/aromatic N) is 1. The predicted octanol–water partition coefficient (Wildman–Crippen LogP) is 2.33. The van der Waals surface area contributed by atoms with Gasteiger partial charge in [0, 0.05) is 4.88 Å². The Morgan fingerprint density at radius 1 is 1.70 bits per heavy atom. The van der Waals surface area contributed by atoms with Gasteiger partial charge in [-0.3, -0.25) is 0 Å². The van der Waals surface area contributed by atoms with E-state index in [1.165, 1.54) is 11.5 Å². The van der Waals surface area contributed by atoms with Crippen molar-refractivity contribution in [2.75, 3.05) is 5.73 Å². The molecule has 4 heteroatoms. The van der Waals surface area contributed by atoms with Crippen molar-refractivity contribution in [1.82, 2.24) is 4.37 Å². The smallest absolute Gasteiger partial charge is 0.156 e. The highest BCUT2D eigenvalue weighted by Crippen LogP contribution is 2.27. The van der Waals surface area contributed by atoms with Gasteiger partial charge in [-0.15, -0.1) is 0 Å². The van der Waals surface area contributed by atoms with Gasteiger partial charge in [0.2, 0.25) is 0 Å². The molecule has 0 saturated carbocycles. The molecule has 0 saturated heterocycles. The average molecular weight is 177 g/mol. The normalized spacial score (nSPS) is 10.2. The molecule has 0 aliphatic carbocycles. The lowest BCUT2D eigenvalue weighted by molar-refractivity contribution is 0.940. The minimum atomic E-state index is 0.468. The Morgan fingerprint density at radius 2 is 2.40 bits per heavy atom. The maximum Gasteiger partial charge on any atom is 0.156 e. The van der Waals surface area contributed by atoms with Crippen molar-refractivity contribution in [2.45, 2.75) is 19.8 Å². The topological polar surface area (TPSA) is 38.9 Å². The molecule has 2 N–H and O–H groups in total. The van der Waals surface area contributed by atoms with Gasteiger partial charge in [-0.25, -0.2) is 0 Å². The van der Waals surface area contributed by atoms with E-state index in [0.717, 1.165) is 17.7 Å². The SMILES string of the molecule is CCCc1snc(N)c1Cl. The summed E-state index contributed by atoms with van der Waals surface area (Å²) in [5.41, 5.74) is 5.44. The molecule has 0 unspecified atom stereocenters. The molecule has 0 radical (unpaired) electrons. The fourth-order valence-corrected chi connectivity index (χ4v) is 1.78. The van der Waals surface area contributed by atoms with Crippen LogP contribution in [0.5, 0.6) is 0 Å². The summed E-state index contributed by atoms with van der Waals surface area (Å²) in [5.74, 6) is 0.468. The average Bonchev–Trinajstić information content (AvgIpc) is 2.20. The van der Waals surface area contributed by atoms with Crippen molar-refractivity contribution in [1.29, 1.82) is 0 Å². The predicted molar refractivity (Wildman–Crippen MR) is 45.5 cm³/mol. The highest BCUT2D eigenvalue weighted by Gasteiger charge is 2.06. The number of hydrogen-bond acceptors (Lipinski definition) is 3. The number of aryl methyl sites for hydroxylation is 1. The third kappa shape index (κ3) is 1.41. The molecular weight excluding hydrogens is 168 g/mol. The van der Waals surface area contributed by atoms with Crippen LogP contribution in [-0.4, -0.2) is 4.37 Å². The van der Waals surface area contributed by atoms with Gasteiger partial charge >= 0.3 is 0 Å². The van der Waals surface area contributed by atoms with Crippen molar-refractivity contribution in [3.05, 3.63) is 9.90 Å². The Morgan fingerprint density at radius 3 is 2.80 bits per heavy atom. The fourth-order valence-electron chi connectivity index (χ4n) is 0.710. The lowest BCUT2D eigenvalue weighted by Gasteiger charge is -1.90. The number of hydrogen-bond donors (Lipinski definition) is 1. The highest BCUT2D eigenvalue weighted by molar-refractivity contribution is 7.06. The monoisotopic (exact) mass is 176 g/mol. The number of nitrogen functional groups attached to an aromatic ring is 1. The molecule has 1 aromatic heterocycles. The van der Waals surface area contributed by atoms with Crippen LogP contribution in [0.2, 0.25) is 5.02 Å². The summed E-state index contributed by atoms with van der Waals surface area (Å²) in [5, 5.41) is 0.645. The molecule has 0 bridgehead atoms. The molecule has 0 spiro atoms. The maximum absolute atomic E-state index is 5.81. The minimum Gasteiger partial charge on any atom is -0.382 e. The number of anilines is 1. The molecule has 0 aliphatic rings. The molecule has 2 nitrogen and oxygen atoms in total. The lowest BCUT2D eigenvalue weighted by atomic mass is 10.3. The second-order valence-electron chi connectivity index (χ2n) is 2.05. The van der Waals surface area contributed by atoms with Gasteiger partial charge < -0.3 is 5.73 Å². The summed E-state index contributed by atoms with van der Waals surface area (Å²) in [7, 11) is 0. The molecule has 1 heterocycles. The van der Waals surface area contributed by atoms with Gasteiger partial charge in [-0.05, 0) is 18.0 Å². The molecule has 0 fully saturated rings. The van der Waals surface area contributed by atoms with E-state index in [1.807, 2.05) is 0 Å². The first-order chi connectivity index (χ1) is 4.75. The fraction of sp³-hybridized carbons (Fsp3) is 0.500. The van der Waals surface area contributed by atoms with Crippen molar-refractivity contribution in [3.63, 3.8) is 0 Å². The van der Waals surface area contributed by atoms with Gasteiger partial charge in [-0.1, -0.05) is 24.9 Å². The zero-order chi connectivity index (χ0) is 7.56. The van der Waals surface area contributed by atoms with Crippen LogP contribution in [-0.2, 0) is 6.42 Å². The number of aromatic nitrogens is 1. The third-order valence-electron chi connectivity index (χ3n) is 1.20. The van der Waals surface area contributed by atoms with E-state index in [9.17, 15) is 0 Å². The Bertz CT molecular complexity index is 222. The third-order valence-corrected chi connectivity index (χ3v) is 2.65. The molecule has 10 heavy (non-hydrogen) atoms. The summed E-state index contributed by atoms with van der Waals surface area (Å²) >= 11 is 7.20. The lowest BCUT2D eigenvalue weighted by Crippen LogP contribution is -1.84. The molecule has 0 atom stereocenters. The summed E-state index contributed by atoms with van der Waals surface area (Å²) in [6, 6.07) is 0. The Kier molecular flexibility index (Phi) is 2.51. The Hall–Kier alpha value is -0.280. The summed E-state index contributed by atoms with van der Waals surface area (Å²) in [4.78, 5) is 1.10. The molecule has 1 aromatic rings. The summed E-state index contributed by atoms with van der Waals surface area (Å²) < 4.78 is 3.92. The van der Waals surface area contributed by atoms with Crippen LogP contribution in [0.15, 0.2) is 0 Å². The van der Waals surface area contributed by atoms with Crippen LogP contribution in [0, 0.1) is 0 Å². The van der Waals surface area contributed by atoms with E-state index >= 15 is 0 Å². The van der Waals surface area contributed by atoms with E-state index < -0.39 is 0 Å². The van der Waals surface area contributed by atoms with Crippen LogP contribution in [0.3, 0.4) is 0 Å². The van der Waals surface area contributed by atoms with Crippen molar-refractivity contribution in [2.24, 2.45) is 0 Å². The van der Waals surface area contributed by atoms with E-state index in [1.54, 1.807) is 0 Å². The largest absolute Gasteiger partial charge is 0.382 e. The number of nitrogens with two attached hydrogens (primary N) is 1. The minimum absolute atomic E-state index is 0.468. The Balaban J connectivity index is 2.83. The van der Waals surface area contributed by atoms with Crippen LogP contribution in [0.25, 0.3) is 0 Å². The molecule has 0 aromatic carbocycles. The zero-order valence-corrected chi connectivity index (χ0v) is 7.30. The molecule has 56 valence electrons. The van der Waals surface area contributed by atoms with E-state index in [0.29, 0.717) is 10.8 Å². The quantitative estimate of drug-likeness (QED) is 0.752. The van der Waals surface area contributed by atoms with Crippen LogP contribution in [0.1, 0.15) is 18.2 Å². The van der Waals surface area contributed by atoms with Gasteiger partial charge in [0.1, 0.15) is 0 Å². The zero-order valence-electron chi connectivity index (χ0n) is 5.72. The van der Waals surface area contributed by atoms with Crippen LogP contribution >= 0.6 is 23.1 Å². The first kappa shape index (κ1) is 7.82. The van der Waals surface area contributed by atoms with Gasteiger partial charge in [0.05, 0.1) is 5.02 Å². The second-order valence-corrected chi connectivity index (χ2v) is 3.29. The molecule has 0 aliphatic heterocycles. The van der Waals surface area contributed by atoms with E-state index in [4.69, 9.17) is 17.3 Å². The summed E-state index contributed by atoms with van der Waals surface area (Å²) in [6.07, 6.45) is 2.06. The van der Waals surface area contributed by atoms with Crippen molar-refractivity contribution in [3.8, 4) is 0 Å². The number of rotatable bonds is 2. The van der Waals surface area contributed by atoms with Crippen molar-refractivity contribution >= 4 is 29.0 Å². The molecular formula is C6H9ClN2S. The number of halogens is 1. The Labute approximate surface area is 69.2 Å². The standard InChI is InChI=1S/C6H9ClN2S/c1-2-3-4-5(7)6(8)9-10-4/h2-3H2,1H3,(H2,8,9). The summed E-state index contributed by atoms with van der Waals surface area (Å²) in [6.45, 7) is 2.10. The first-order valence-electron chi connectivity index (χ1n) is 3.15. The van der Waals surface area contributed by atoms with Gasteiger partial charge in [0.15, 0.2) is 5.82 Å². The van der Waals surface area contributed by atoms with E-state index in [-0.39, 0.29) is 0 Å². The molecule has 1 rings (SSSR count). The van der Waals surface area contributed by atoms with Gasteiger partial charge in [-0.2, -0.15) is 4.37 Å².